The van der Waals surface area contributed by atoms with Crippen molar-refractivity contribution in [1.29, 1.82) is 0 Å². The first-order valence-electron chi connectivity index (χ1n) is 10.2. The van der Waals surface area contributed by atoms with Crippen LogP contribution in [0.4, 0.5) is 0 Å². The number of hydrogen-bond acceptors (Lipinski definition) is 4. The summed E-state index contributed by atoms with van der Waals surface area (Å²) in [4.78, 5) is 27.2. The molecule has 0 N–H and O–H groups in total. The van der Waals surface area contributed by atoms with Gasteiger partial charge in [0.25, 0.3) is 11.8 Å². The molecule has 6 heteroatoms. The van der Waals surface area contributed by atoms with Crippen molar-refractivity contribution in [2.45, 2.75) is 83.2 Å². The highest BCUT2D eigenvalue weighted by Gasteiger charge is 2.57. The third kappa shape index (κ3) is 3.41. The van der Waals surface area contributed by atoms with E-state index in [-0.39, 0.29) is 23.6 Å². The van der Waals surface area contributed by atoms with Crippen molar-refractivity contribution in [3.05, 3.63) is 24.2 Å². The predicted octanol–water partition coefficient (Wildman–Crippen LogP) is 4.60. The molecule has 2 aliphatic rings. The minimum atomic E-state index is -1.91. The van der Waals surface area contributed by atoms with Crippen LogP contribution in [0.15, 0.2) is 22.8 Å². The van der Waals surface area contributed by atoms with Gasteiger partial charge in [-0.1, -0.05) is 40.0 Å². The third-order valence-corrected chi connectivity index (χ3v) is 11.1. The number of hydrogen-bond donors (Lipinski definition) is 0. The van der Waals surface area contributed by atoms with Crippen LogP contribution in [0.25, 0.3) is 0 Å². The van der Waals surface area contributed by atoms with E-state index in [2.05, 4.69) is 20.8 Å². The molecule has 2 heterocycles. The zero-order chi connectivity index (χ0) is 18.7. The van der Waals surface area contributed by atoms with Crippen molar-refractivity contribution in [1.82, 2.24) is 4.90 Å². The molecule has 1 aromatic heterocycles. The summed E-state index contributed by atoms with van der Waals surface area (Å²) >= 11 is 0. The molecule has 144 valence electrons. The third-order valence-electron chi connectivity index (χ3n) is 6.48. The smallest absolute Gasteiger partial charge is 0.296 e. The van der Waals surface area contributed by atoms with Crippen molar-refractivity contribution >= 4 is 20.1 Å². The van der Waals surface area contributed by atoms with Gasteiger partial charge in [0.05, 0.1) is 12.3 Å². The second-order valence-corrected chi connectivity index (χ2v) is 12.4. The van der Waals surface area contributed by atoms with Gasteiger partial charge in [0.2, 0.25) is 0 Å². The summed E-state index contributed by atoms with van der Waals surface area (Å²) in [5.41, 5.74) is 0. The molecule has 2 amide bonds. The number of imide groups is 1. The molecule has 1 saturated heterocycles. The molecule has 1 aromatic rings. The summed E-state index contributed by atoms with van der Waals surface area (Å²) in [7, 11) is -1.91. The summed E-state index contributed by atoms with van der Waals surface area (Å²) in [5, 5.41) is 0. The highest BCUT2D eigenvalue weighted by atomic mass is 28.4. The number of furan rings is 1. The summed E-state index contributed by atoms with van der Waals surface area (Å²) in [5.74, 6) is 0.103. The fourth-order valence-corrected chi connectivity index (χ4v) is 7.34. The maximum Gasteiger partial charge on any atom is 0.296 e. The molecule has 5 nitrogen and oxygen atoms in total. The molecule has 0 radical (unpaired) electrons. The van der Waals surface area contributed by atoms with Crippen LogP contribution in [0.5, 0.6) is 0 Å². The van der Waals surface area contributed by atoms with Crippen LogP contribution in [0.1, 0.15) is 63.4 Å². The molecular formula is C20H31NO4Si. The normalized spacial score (nSPS) is 24.6. The maximum atomic E-state index is 12.9. The van der Waals surface area contributed by atoms with Crippen LogP contribution in [-0.4, -0.2) is 37.2 Å². The Morgan fingerprint density at radius 3 is 2.38 bits per heavy atom. The van der Waals surface area contributed by atoms with E-state index < -0.39 is 14.4 Å². The highest BCUT2D eigenvalue weighted by molar-refractivity contribution is 6.73. The molecule has 0 bridgehead atoms. The molecule has 26 heavy (non-hydrogen) atoms. The first kappa shape index (κ1) is 19.4. The Labute approximate surface area is 157 Å². The SMILES string of the molecule is CC[Si](CC)(CC)OC1C(=O)N(C(=O)c2ccco2)C1C1CCCCC1. The van der Waals surface area contributed by atoms with Gasteiger partial charge in [-0.05, 0) is 49.0 Å². The largest absolute Gasteiger partial charge is 0.459 e. The maximum absolute atomic E-state index is 12.9. The average Bonchev–Trinajstić information content (AvgIpc) is 3.22. The fourth-order valence-electron chi connectivity index (χ4n) is 4.56. The minimum absolute atomic E-state index is 0.128. The lowest BCUT2D eigenvalue weighted by atomic mass is 9.77. The molecule has 2 unspecified atom stereocenters. The van der Waals surface area contributed by atoms with E-state index in [1.54, 1.807) is 12.1 Å². The number of amides is 2. The lowest BCUT2D eigenvalue weighted by Gasteiger charge is -2.52. The Bertz CT molecular complexity index is 612. The van der Waals surface area contributed by atoms with E-state index in [0.29, 0.717) is 5.92 Å². The van der Waals surface area contributed by atoms with E-state index in [1.807, 2.05) is 0 Å². The van der Waals surface area contributed by atoms with Crippen LogP contribution in [0.3, 0.4) is 0 Å². The van der Waals surface area contributed by atoms with E-state index >= 15 is 0 Å². The molecule has 2 atom stereocenters. The first-order chi connectivity index (χ1) is 12.6. The van der Waals surface area contributed by atoms with Crippen LogP contribution in [0, 0.1) is 5.92 Å². The van der Waals surface area contributed by atoms with Crippen LogP contribution in [-0.2, 0) is 9.22 Å². The molecule has 0 spiro atoms. The van der Waals surface area contributed by atoms with Gasteiger partial charge in [-0.25, -0.2) is 0 Å². The lowest BCUT2D eigenvalue weighted by molar-refractivity contribution is -0.163. The number of nitrogens with zero attached hydrogens (tertiary/aromatic N) is 1. The zero-order valence-corrected chi connectivity index (χ0v) is 17.2. The number of carbonyl (C=O) groups excluding carboxylic acids is 2. The Hall–Kier alpha value is -1.40. The van der Waals surface area contributed by atoms with E-state index in [4.69, 9.17) is 8.84 Å². The van der Waals surface area contributed by atoms with Gasteiger partial charge in [0.1, 0.15) is 6.10 Å². The van der Waals surface area contributed by atoms with Crippen LogP contribution in [0.2, 0.25) is 18.1 Å². The summed E-state index contributed by atoms with van der Waals surface area (Å²) in [6.07, 6.45) is 6.75. The van der Waals surface area contributed by atoms with Gasteiger partial charge in [-0.15, -0.1) is 0 Å². The van der Waals surface area contributed by atoms with E-state index in [0.717, 1.165) is 31.0 Å². The number of rotatable bonds is 7. The van der Waals surface area contributed by atoms with Gasteiger partial charge in [-0.2, -0.15) is 0 Å². The van der Waals surface area contributed by atoms with Gasteiger partial charge < -0.3 is 8.84 Å². The van der Waals surface area contributed by atoms with Gasteiger partial charge >= 0.3 is 0 Å². The van der Waals surface area contributed by atoms with Crippen LogP contribution < -0.4 is 0 Å². The van der Waals surface area contributed by atoms with Crippen molar-refractivity contribution in [3.8, 4) is 0 Å². The van der Waals surface area contributed by atoms with Gasteiger partial charge in [0.15, 0.2) is 14.1 Å². The second-order valence-electron chi connectivity index (χ2n) is 7.66. The fraction of sp³-hybridized carbons (Fsp3) is 0.700. The number of β-lactam (4-membered cyclic amide) rings is 1. The second kappa shape index (κ2) is 8.09. The highest BCUT2D eigenvalue weighted by Crippen LogP contribution is 2.40. The van der Waals surface area contributed by atoms with Crippen LogP contribution >= 0.6 is 0 Å². The Kier molecular flexibility index (Phi) is 6.02. The molecule has 1 saturated carbocycles. The number of likely N-dealkylation sites (tertiary alicyclic amines) is 1. The zero-order valence-electron chi connectivity index (χ0n) is 16.2. The summed E-state index contributed by atoms with van der Waals surface area (Å²) in [6, 6.07) is 6.21. The van der Waals surface area contributed by atoms with Crippen molar-refractivity contribution < 1.29 is 18.4 Å². The Morgan fingerprint density at radius 1 is 1.19 bits per heavy atom. The molecule has 2 fully saturated rings. The molecule has 3 rings (SSSR count). The summed E-state index contributed by atoms with van der Waals surface area (Å²) in [6.45, 7) is 6.51. The molecule has 0 aromatic carbocycles. The van der Waals surface area contributed by atoms with E-state index in [1.165, 1.54) is 30.4 Å². The molecule has 1 aliphatic carbocycles. The van der Waals surface area contributed by atoms with Crippen molar-refractivity contribution in [3.63, 3.8) is 0 Å². The Balaban J connectivity index is 1.84. The quantitative estimate of drug-likeness (QED) is 0.396. The monoisotopic (exact) mass is 377 g/mol. The number of carbonyl (C=O) groups is 2. The van der Waals surface area contributed by atoms with Gasteiger partial charge in [-0.3, -0.25) is 14.5 Å². The molecular weight excluding hydrogens is 346 g/mol. The first-order valence-corrected chi connectivity index (χ1v) is 12.7. The molecule has 1 aliphatic heterocycles. The van der Waals surface area contributed by atoms with Crippen molar-refractivity contribution in [2.75, 3.05) is 0 Å². The standard InChI is InChI=1S/C20H31NO4Si/c1-4-26(5-2,6-3)25-18-17(15-11-8-7-9-12-15)21(20(18)23)19(22)16-13-10-14-24-16/h10,13-15,17-18H,4-9,11-12H2,1-3H3. The lowest BCUT2D eigenvalue weighted by Crippen LogP contribution is -2.71. The minimum Gasteiger partial charge on any atom is -0.459 e. The Morgan fingerprint density at radius 2 is 1.85 bits per heavy atom. The average molecular weight is 378 g/mol. The van der Waals surface area contributed by atoms with Crippen molar-refractivity contribution in [2.24, 2.45) is 5.92 Å². The predicted molar refractivity (Wildman–Crippen MR) is 102 cm³/mol. The topological polar surface area (TPSA) is 59.8 Å². The van der Waals surface area contributed by atoms with E-state index in [9.17, 15) is 9.59 Å². The summed E-state index contributed by atoms with van der Waals surface area (Å²) < 4.78 is 11.8. The van der Waals surface area contributed by atoms with Gasteiger partial charge in [0, 0.05) is 0 Å².